The summed E-state index contributed by atoms with van der Waals surface area (Å²) >= 11 is 0. The minimum absolute atomic E-state index is 0.203. The fourth-order valence-electron chi connectivity index (χ4n) is 4.35. The Kier molecular flexibility index (Phi) is 7.77. The summed E-state index contributed by atoms with van der Waals surface area (Å²) in [5, 5.41) is 6.14. The smallest absolute Gasteiger partial charge is 0.407 e. The third kappa shape index (κ3) is 7.07. The van der Waals surface area contributed by atoms with Crippen molar-refractivity contribution < 1.29 is 14.3 Å². The summed E-state index contributed by atoms with van der Waals surface area (Å²) < 4.78 is 11.5. The van der Waals surface area contributed by atoms with Crippen LogP contribution in [0.2, 0.25) is 0 Å². The van der Waals surface area contributed by atoms with Crippen LogP contribution in [0.4, 0.5) is 4.79 Å². The highest BCUT2D eigenvalue weighted by Crippen LogP contribution is 2.53. The van der Waals surface area contributed by atoms with Crippen molar-refractivity contribution >= 4 is 6.09 Å². The summed E-state index contributed by atoms with van der Waals surface area (Å²) in [5.74, 6) is 2.21. The Hall–Kier alpha value is -0.810. The van der Waals surface area contributed by atoms with Crippen LogP contribution in [0.1, 0.15) is 72.6 Å². The number of hydrogen-bond acceptors (Lipinski definition) is 4. The molecular formula is C21H40N2O3. The third-order valence-electron chi connectivity index (χ3n) is 6.00. The predicted molar refractivity (Wildman–Crippen MR) is 105 cm³/mol. The Morgan fingerprint density at radius 1 is 1.04 bits per heavy atom. The predicted octanol–water partition coefficient (Wildman–Crippen LogP) is 4.11. The number of ether oxygens (including phenoxy) is 2. The summed E-state index contributed by atoms with van der Waals surface area (Å²) in [4.78, 5) is 12.2. The van der Waals surface area contributed by atoms with Gasteiger partial charge < -0.3 is 20.1 Å². The highest BCUT2D eigenvalue weighted by atomic mass is 16.5. The van der Waals surface area contributed by atoms with Crippen molar-refractivity contribution in [3.05, 3.63) is 0 Å². The molecule has 0 saturated heterocycles. The lowest BCUT2D eigenvalue weighted by Gasteiger charge is -2.29. The molecule has 0 aromatic rings. The molecule has 0 aliphatic heterocycles. The lowest BCUT2D eigenvalue weighted by atomic mass is 10.0. The number of alkyl carbamates (subject to hydrolysis) is 1. The number of likely N-dealkylation sites (N-methyl/N-ethyl adjacent to an activating group) is 1. The first-order chi connectivity index (χ1) is 12.2. The molecule has 2 fully saturated rings. The molecule has 0 bridgehead atoms. The van der Waals surface area contributed by atoms with E-state index in [9.17, 15) is 4.79 Å². The molecule has 2 unspecified atom stereocenters. The van der Waals surface area contributed by atoms with Gasteiger partial charge in [-0.25, -0.2) is 4.79 Å². The van der Waals surface area contributed by atoms with Gasteiger partial charge in [0.2, 0.25) is 0 Å². The van der Waals surface area contributed by atoms with Gasteiger partial charge in [0.15, 0.2) is 0 Å². The highest BCUT2D eigenvalue weighted by molar-refractivity contribution is 5.68. The lowest BCUT2D eigenvalue weighted by molar-refractivity contribution is -0.0228. The topological polar surface area (TPSA) is 59.6 Å². The maximum Gasteiger partial charge on any atom is 0.407 e. The van der Waals surface area contributed by atoms with Gasteiger partial charge in [0, 0.05) is 18.7 Å². The largest absolute Gasteiger partial charge is 0.449 e. The molecule has 1 amide bonds. The Balaban J connectivity index is 1.64. The summed E-state index contributed by atoms with van der Waals surface area (Å²) in [6.07, 6.45) is 8.56. The molecule has 5 nitrogen and oxygen atoms in total. The van der Waals surface area contributed by atoms with Gasteiger partial charge in [-0.15, -0.1) is 0 Å². The second kappa shape index (κ2) is 9.41. The monoisotopic (exact) mass is 368 g/mol. The van der Waals surface area contributed by atoms with Crippen molar-refractivity contribution in [1.29, 1.82) is 0 Å². The van der Waals surface area contributed by atoms with E-state index in [0.29, 0.717) is 19.1 Å². The van der Waals surface area contributed by atoms with Crippen LogP contribution in [-0.2, 0) is 9.47 Å². The summed E-state index contributed by atoms with van der Waals surface area (Å²) in [6.45, 7) is 10.2. The molecule has 26 heavy (non-hydrogen) atoms. The van der Waals surface area contributed by atoms with Gasteiger partial charge >= 0.3 is 6.09 Å². The SMILES string of the molecule is CNCC(C)(C)OCCC(C)(C)NC(=O)OCC1C2CCCCCCC21. The molecule has 0 aromatic heterocycles. The second-order valence-electron chi connectivity index (χ2n) is 9.48. The second-order valence-corrected chi connectivity index (χ2v) is 9.48. The zero-order valence-electron chi connectivity index (χ0n) is 17.5. The van der Waals surface area contributed by atoms with Crippen molar-refractivity contribution in [2.75, 3.05) is 26.8 Å². The van der Waals surface area contributed by atoms with E-state index >= 15 is 0 Å². The van der Waals surface area contributed by atoms with Crippen molar-refractivity contribution in [3.63, 3.8) is 0 Å². The number of rotatable bonds is 9. The van der Waals surface area contributed by atoms with Crippen molar-refractivity contribution in [1.82, 2.24) is 10.6 Å². The van der Waals surface area contributed by atoms with E-state index in [1.807, 2.05) is 20.9 Å². The first kappa shape index (κ1) is 21.5. The average molecular weight is 369 g/mol. The fourth-order valence-corrected chi connectivity index (χ4v) is 4.35. The number of fused-ring (bicyclic) bond motifs is 1. The summed E-state index contributed by atoms with van der Waals surface area (Å²) in [7, 11) is 1.92. The van der Waals surface area contributed by atoms with Gasteiger partial charge in [-0.1, -0.05) is 25.7 Å². The molecule has 0 heterocycles. The molecule has 0 spiro atoms. The molecular weight excluding hydrogens is 328 g/mol. The Bertz CT molecular complexity index is 437. The Morgan fingerprint density at radius 3 is 2.23 bits per heavy atom. The maximum atomic E-state index is 12.2. The van der Waals surface area contributed by atoms with Crippen LogP contribution in [0.3, 0.4) is 0 Å². The number of amides is 1. The molecule has 0 aromatic carbocycles. The Morgan fingerprint density at radius 2 is 1.65 bits per heavy atom. The van der Waals surface area contributed by atoms with Crippen LogP contribution in [-0.4, -0.2) is 44.0 Å². The van der Waals surface area contributed by atoms with Crippen LogP contribution in [0.25, 0.3) is 0 Å². The van der Waals surface area contributed by atoms with Gasteiger partial charge in [-0.05, 0) is 71.8 Å². The van der Waals surface area contributed by atoms with Crippen LogP contribution in [0, 0.1) is 17.8 Å². The van der Waals surface area contributed by atoms with E-state index in [2.05, 4.69) is 24.5 Å². The van der Waals surface area contributed by atoms with Gasteiger partial charge in [0.05, 0.1) is 12.2 Å². The number of nitrogens with one attached hydrogen (secondary N) is 2. The molecule has 2 aliphatic rings. The molecule has 2 rings (SSSR count). The summed E-state index contributed by atoms with van der Waals surface area (Å²) in [5.41, 5.74) is -0.539. The van der Waals surface area contributed by atoms with Crippen LogP contribution in [0.15, 0.2) is 0 Å². The summed E-state index contributed by atoms with van der Waals surface area (Å²) in [6, 6.07) is 0. The minimum Gasteiger partial charge on any atom is -0.449 e. The molecule has 2 aliphatic carbocycles. The fraction of sp³-hybridized carbons (Fsp3) is 0.952. The number of hydrogen-bond donors (Lipinski definition) is 2. The van der Waals surface area contributed by atoms with Crippen molar-refractivity contribution in [3.8, 4) is 0 Å². The number of carbonyl (C=O) groups is 1. The van der Waals surface area contributed by atoms with E-state index in [1.54, 1.807) is 0 Å². The highest BCUT2D eigenvalue weighted by Gasteiger charge is 2.49. The quantitative estimate of drug-likeness (QED) is 0.643. The van der Waals surface area contributed by atoms with E-state index < -0.39 is 0 Å². The minimum atomic E-state index is -0.335. The van der Waals surface area contributed by atoms with E-state index in [-0.39, 0.29) is 17.2 Å². The van der Waals surface area contributed by atoms with Crippen LogP contribution >= 0.6 is 0 Å². The zero-order valence-corrected chi connectivity index (χ0v) is 17.5. The van der Waals surface area contributed by atoms with Crippen molar-refractivity contribution in [2.24, 2.45) is 17.8 Å². The van der Waals surface area contributed by atoms with Gasteiger partial charge in [-0.2, -0.15) is 0 Å². The van der Waals surface area contributed by atoms with Crippen LogP contribution in [0.5, 0.6) is 0 Å². The van der Waals surface area contributed by atoms with Crippen molar-refractivity contribution in [2.45, 2.75) is 83.8 Å². The maximum absolute atomic E-state index is 12.2. The van der Waals surface area contributed by atoms with Gasteiger partial charge in [0.1, 0.15) is 0 Å². The lowest BCUT2D eigenvalue weighted by Crippen LogP contribution is -2.45. The first-order valence-corrected chi connectivity index (χ1v) is 10.5. The molecule has 5 heteroatoms. The molecule has 152 valence electrons. The first-order valence-electron chi connectivity index (χ1n) is 10.5. The molecule has 0 radical (unpaired) electrons. The van der Waals surface area contributed by atoms with E-state index in [0.717, 1.165) is 24.8 Å². The molecule has 2 N–H and O–H groups in total. The third-order valence-corrected chi connectivity index (χ3v) is 6.00. The van der Waals surface area contributed by atoms with E-state index in [1.165, 1.54) is 38.5 Å². The number of carbonyl (C=O) groups excluding carboxylic acids is 1. The average Bonchev–Trinajstić information content (AvgIpc) is 3.13. The Labute approximate surface area is 160 Å². The van der Waals surface area contributed by atoms with E-state index in [4.69, 9.17) is 9.47 Å². The van der Waals surface area contributed by atoms with Crippen LogP contribution < -0.4 is 10.6 Å². The standard InChI is InChI=1S/C21H40N2O3/c1-20(2,12-13-26-21(3,4)15-22-5)23-19(24)25-14-18-16-10-8-6-7-9-11-17(16)18/h16-18,22H,6-15H2,1-5H3,(H,23,24). The molecule has 2 atom stereocenters. The van der Waals surface area contributed by atoms with Gasteiger partial charge in [-0.3, -0.25) is 0 Å². The zero-order chi connectivity index (χ0) is 19.2. The molecule has 2 saturated carbocycles. The normalized spacial score (nSPS) is 26.4. The van der Waals surface area contributed by atoms with Gasteiger partial charge in [0.25, 0.3) is 0 Å².